The number of carbonyl (C=O) groups is 3. The summed E-state index contributed by atoms with van der Waals surface area (Å²) in [6.07, 6.45) is 0.863. The van der Waals surface area contributed by atoms with Crippen molar-refractivity contribution in [2.24, 2.45) is 0 Å². The summed E-state index contributed by atoms with van der Waals surface area (Å²) in [5, 5.41) is 3.02. The van der Waals surface area contributed by atoms with E-state index in [1.807, 2.05) is 54.6 Å². The molecule has 3 amide bonds. The third kappa shape index (κ3) is 3.09. The first kappa shape index (κ1) is 19.2. The van der Waals surface area contributed by atoms with Crippen LogP contribution in [0.3, 0.4) is 0 Å². The third-order valence-electron chi connectivity index (χ3n) is 6.07. The van der Waals surface area contributed by atoms with E-state index in [4.69, 9.17) is 0 Å². The van der Waals surface area contributed by atoms with Gasteiger partial charge in [-0.3, -0.25) is 14.4 Å². The number of benzene rings is 2. The summed E-state index contributed by atoms with van der Waals surface area (Å²) in [5.74, 6) is -0.234. The van der Waals surface area contributed by atoms with E-state index in [0.29, 0.717) is 13.0 Å². The molecule has 2 aliphatic heterocycles. The summed E-state index contributed by atoms with van der Waals surface area (Å²) in [6, 6.07) is 17.1. The molecule has 29 heavy (non-hydrogen) atoms. The molecule has 1 saturated heterocycles. The van der Waals surface area contributed by atoms with Crippen LogP contribution in [0.5, 0.6) is 0 Å². The van der Waals surface area contributed by atoms with Crippen molar-refractivity contribution in [1.29, 1.82) is 0 Å². The summed E-state index contributed by atoms with van der Waals surface area (Å²) in [7, 11) is 3.37. The lowest BCUT2D eigenvalue weighted by Crippen LogP contribution is -2.42. The Balaban J connectivity index is 1.72. The van der Waals surface area contributed by atoms with E-state index in [2.05, 4.69) is 5.32 Å². The summed E-state index contributed by atoms with van der Waals surface area (Å²) in [4.78, 5) is 41.6. The molecule has 0 saturated carbocycles. The number of likely N-dealkylation sites (tertiary alicyclic amines) is 1. The minimum Gasteiger partial charge on any atom is -0.349 e. The van der Waals surface area contributed by atoms with E-state index in [1.165, 1.54) is 4.90 Å². The van der Waals surface area contributed by atoms with Crippen LogP contribution in [0, 0.1) is 0 Å². The Hall–Kier alpha value is -3.15. The van der Waals surface area contributed by atoms with Crippen molar-refractivity contribution < 1.29 is 14.4 Å². The number of carbonyl (C=O) groups excluding carboxylic acids is 3. The molecule has 2 heterocycles. The number of amides is 3. The predicted molar refractivity (Wildman–Crippen MR) is 110 cm³/mol. The van der Waals surface area contributed by atoms with Gasteiger partial charge in [-0.05, 0) is 23.6 Å². The molecule has 0 radical (unpaired) electrons. The van der Waals surface area contributed by atoms with Gasteiger partial charge in [-0.25, -0.2) is 0 Å². The number of para-hydroxylation sites is 1. The highest BCUT2D eigenvalue weighted by Crippen LogP contribution is 2.54. The van der Waals surface area contributed by atoms with Crippen LogP contribution >= 0.6 is 0 Å². The smallest absolute Gasteiger partial charge is 0.237 e. The lowest BCUT2D eigenvalue weighted by molar-refractivity contribution is -0.137. The Kier molecular flexibility index (Phi) is 4.86. The van der Waals surface area contributed by atoms with E-state index in [9.17, 15) is 14.4 Å². The van der Waals surface area contributed by atoms with Crippen LogP contribution in [0.15, 0.2) is 54.6 Å². The number of rotatable bonds is 4. The van der Waals surface area contributed by atoms with Gasteiger partial charge in [0.15, 0.2) is 0 Å². The molecule has 4 rings (SSSR count). The molecule has 2 aromatic rings. The molecular weight excluding hydrogens is 366 g/mol. The fourth-order valence-corrected chi connectivity index (χ4v) is 4.64. The number of fused-ring (bicyclic) bond motifs is 2. The van der Waals surface area contributed by atoms with Gasteiger partial charge in [-0.2, -0.15) is 0 Å². The van der Waals surface area contributed by atoms with Gasteiger partial charge >= 0.3 is 0 Å². The van der Waals surface area contributed by atoms with Gasteiger partial charge in [-0.1, -0.05) is 48.5 Å². The Morgan fingerprint density at radius 1 is 1.07 bits per heavy atom. The molecule has 1 spiro atoms. The first-order valence-corrected chi connectivity index (χ1v) is 9.90. The SMILES string of the molecule is CN(C)C(=O)CCC(=O)N1CC[C@]2(C(=O)Nc3ccccc32)[C@@H]1c1ccccc1. The molecule has 0 bridgehead atoms. The lowest BCUT2D eigenvalue weighted by Gasteiger charge is -2.34. The van der Waals surface area contributed by atoms with Crippen LogP contribution in [0.1, 0.15) is 36.4 Å². The van der Waals surface area contributed by atoms with Gasteiger partial charge < -0.3 is 15.1 Å². The summed E-state index contributed by atoms with van der Waals surface area (Å²) in [5.41, 5.74) is 1.89. The van der Waals surface area contributed by atoms with Crippen molar-refractivity contribution in [3.63, 3.8) is 0 Å². The highest BCUT2D eigenvalue weighted by atomic mass is 16.2. The first-order valence-electron chi connectivity index (χ1n) is 9.90. The van der Waals surface area contributed by atoms with E-state index >= 15 is 0 Å². The topological polar surface area (TPSA) is 69.7 Å². The van der Waals surface area contributed by atoms with Crippen molar-refractivity contribution in [2.75, 3.05) is 26.0 Å². The molecule has 6 heteroatoms. The zero-order valence-corrected chi connectivity index (χ0v) is 16.7. The zero-order chi connectivity index (χ0) is 20.6. The Morgan fingerprint density at radius 3 is 2.48 bits per heavy atom. The highest BCUT2D eigenvalue weighted by molar-refractivity contribution is 6.07. The first-order chi connectivity index (χ1) is 13.9. The molecule has 0 aromatic heterocycles. The molecule has 0 unspecified atom stereocenters. The van der Waals surface area contributed by atoms with Crippen LogP contribution in [-0.2, 0) is 19.8 Å². The van der Waals surface area contributed by atoms with Crippen molar-refractivity contribution >= 4 is 23.4 Å². The van der Waals surface area contributed by atoms with E-state index in [-0.39, 0.29) is 30.6 Å². The standard InChI is InChI=1S/C23H25N3O3/c1-25(2)19(27)12-13-20(28)26-15-14-23(21(26)16-8-4-3-5-9-16)17-10-6-7-11-18(17)24-22(23)29/h3-11,21H,12-15H2,1-2H3,(H,24,29)/t21-,23+/m0/s1. The fourth-order valence-electron chi connectivity index (χ4n) is 4.64. The number of hydrogen-bond donors (Lipinski definition) is 1. The van der Waals surface area contributed by atoms with Crippen LogP contribution in [-0.4, -0.2) is 48.2 Å². The number of nitrogens with one attached hydrogen (secondary N) is 1. The van der Waals surface area contributed by atoms with Gasteiger partial charge in [0.1, 0.15) is 5.41 Å². The third-order valence-corrected chi connectivity index (χ3v) is 6.07. The normalized spacial score (nSPS) is 22.5. The van der Waals surface area contributed by atoms with Gasteiger partial charge in [0, 0.05) is 39.2 Å². The van der Waals surface area contributed by atoms with Gasteiger partial charge in [-0.15, -0.1) is 0 Å². The van der Waals surface area contributed by atoms with Crippen LogP contribution in [0.25, 0.3) is 0 Å². The Morgan fingerprint density at radius 2 is 1.76 bits per heavy atom. The monoisotopic (exact) mass is 391 g/mol. The molecule has 2 atom stereocenters. The minimum absolute atomic E-state index is 0.0628. The van der Waals surface area contributed by atoms with E-state index in [0.717, 1.165) is 16.8 Å². The lowest BCUT2D eigenvalue weighted by atomic mass is 9.72. The zero-order valence-electron chi connectivity index (χ0n) is 16.7. The van der Waals surface area contributed by atoms with Crippen LogP contribution in [0.2, 0.25) is 0 Å². The quantitative estimate of drug-likeness (QED) is 0.871. The van der Waals surface area contributed by atoms with Crippen molar-refractivity contribution in [2.45, 2.75) is 30.7 Å². The number of nitrogens with zero attached hydrogens (tertiary/aromatic N) is 2. The summed E-state index contributed by atoms with van der Waals surface area (Å²) >= 11 is 0. The van der Waals surface area contributed by atoms with Crippen LogP contribution in [0.4, 0.5) is 5.69 Å². The summed E-state index contributed by atoms with van der Waals surface area (Å²) in [6.45, 7) is 0.482. The number of hydrogen-bond acceptors (Lipinski definition) is 3. The molecule has 2 aliphatic rings. The maximum atomic E-state index is 13.3. The second-order valence-corrected chi connectivity index (χ2v) is 7.91. The van der Waals surface area contributed by atoms with Gasteiger partial charge in [0.2, 0.25) is 17.7 Å². The largest absolute Gasteiger partial charge is 0.349 e. The average molecular weight is 391 g/mol. The Labute approximate surface area is 170 Å². The van der Waals surface area contributed by atoms with Crippen molar-refractivity contribution in [3.8, 4) is 0 Å². The van der Waals surface area contributed by atoms with E-state index in [1.54, 1.807) is 19.0 Å². The maximum absolute atomic E-state index is 13.3. The molecule has 150 valence electrons. The van der Waals surface area contributed by atoms with E-state index < -0.39 is 11.5 Å². The summed E-state index contributed by atoms with van der Waals surface area (Å²) < 4.78 is 0. The predicted octanol–water partition coefficient (Wildman–Crippen LogP) is 2.72. The minimum atomic E-state index is -0.806. The second-order valence-electron chi connectivity index (χ2n) is 7.91. The molecule has 0 aliphatic carbocycles. The van der Waals surface area contributed by atoms with Gasteiger partial charge in [0.05, 0.1) is 6.04 Å². The molecule has 6 nitrogen and oxygen atoms in total. The Bertz CT molecular complexity index is 957. The maximum Gasteiger partial charge on any atom is 0.237 e. The van der Waals surface area contributed by atoms with Crippen LogP contribution < -0.4 is 5.32 Å². The molecule has 1 fully saturated rings. The average Bonchev–Trinajstić information content (AvgIpc) is 3.26. The van der Waals surface area contributed by atoms with Crippen molar-refractivity contribution in [1.82, 2.24) is 9.80 Å². The second kappa shape index (κ2) is 7.35. The van der Waals surface area contributed by atoms with Crippen molar-refractivity contribution in [3.05, 3.63) is 65.7 Å². The molecule has 2 aromatic carbocycles. The molecular formula is C23H25N3O3. The number of anilines is 1. The highest BCUT2D eigenvalue weighted by Gasteiger charge is 2.59. The fraction of sp³-hybridized carbons (Fsp3) is 0.348. The van der Waals surface area contributed by atoms with Gasteiger partial charge in [0.25, 0.3) is 0 Å². The molecule has 1 N–H and O–H groups in total.